The highest BCUT2D eigenvalue weighted by molar-refractivity contribution is 9.11. The number of anilines is 1. The molecule has 3 aromatic rings. The van der Waals surface area contributed by atoms with Gasteiger partial charge in [-0.3, -0.25) is 9.59 Å². The molecule has 2 N–H and O–H groups in total. The number of benzene rings is 3. The topological polar surface area (TPSA) is 79.8 Å². The second kappa shape index (κ2) is 10.9. The van der Waals surface area contributed by atoms with E-state index in [1.165, 1.54) is 6.21 Å². The SMILES string of the molecule is Cc1ccc(C(=O)N/N=C/c2cc(Br)c(OCC(=O)Nc3ccccc3)c(Br)c2)cc1. The lowest BCUT2D eigenvalue weighted by atomic mass is 10.1. The van der Waals surface area contributed by atoms with E-state index in [2.05, 4.69) is 47.7 Å². The number of hydrazone groups is 1. The summed E-state index contributed by atoms with van der Waals surface area (Å²) in [6.07, 6.45) is 1.52. The lowest BCUT2D eigenvalue weighted by molar-refractivity contribution is -0.118. The van der Waals surface area contributed by atoms with E-state index in [1.54, 1.807) is 36.4 Å². The van der Waals surface area contributed by atoms with Crippen molar-refractivity contribution in [3.63, 3.8) is 0 Å². The number of amides is 2. The smallest absolute Gasteiger partial charge is 0.271 e. The molecule has 158 valence electrons. The van der Waals surface area contributed by atoms with Gasteiger partial charge in [0.25, 0.3) is 11.8 Å². The van der Waals surface area contributed by atoms with Gasteiger partial charge in [-0.25, -0.2) is 5.43 Å². The molecule has 2 amide bonds. The summed E-state index contributed by atoms with van der Waals surface area (Å²) in [6, 6.07) is 19.9. The largest absolute Gasteiger partial charge is 0.481 e. The van der Waals surface area contributed by atoms with Crippen LogP contribution in [0.5, 0.6) is 5.75 Å². The van der Waals surface area contributed by atoms with Gasteiger partial charge in [0.15, 0.2) is 6.61 Å². The molecular formula is C23H19Br2N3O3. The predicted molar refractivity (Wildman–Crippen MR) is 129 cm³/mol. The van der Waals surface area contributed by atoms with Crippen LogP contribution >= 0.6 is 31.9 Å². The number of carbonyl (C=O) groups excluding carboxylic acids is 2. The van der Waals surface area contributed by atoms with Crippen molar-refractivity contribution >= 4 is 55.6 Å². The maximum Gasteiger partial charge on any atom is 0.271 e. The second-order valence-corrected chi connectivity index (χ2v) is 8.29. The van der Waals surface area contributed by atoms with Crippen LogP contribution in [-0.4, -0.2) is 24.6 Å². The molecule has 0 saturated carbocycles. The minimum atomic E-state index is -0.293. The highest BCUT2D eigenvalue weighted by Crippen LogP contribution is 2.34. The number of rotatable bonds is 7. The Hall–Kier alpha value is -2.97. The Morgan fingerprint density at radius 2 is 1.65 bits per heavy atom. The number of hydrogen-bond donors (Lipinski definition) is 2. The van der Waals surface area contributed by atoms with Crippen molar-refractivity contribution in [2.75, 3.05) is 11.9 Å². The van der Waals surface area contributed by atoms with E-state index in [1.807, 2.05) is 37.3 Å². The first-order valence-electron chi connectivity index (χ1n) is 9.29. The van der Waals surface area contributed by atoms with E-state index in [0.29, 0.717) is 25.9 Å². The van der Waals surface area contributed by atoms with Crippen LogP contribution in [0, 0.1) is 6.92 Å². The summed E-state index contributed by atoms with van der Waals surface area (Å²) in [4.78, 5) is 24.2. The van der Waals surface area contributed by atoms with Gasteiger partial charge in [0.2, 0.25) is 0 Å². The summed E-state index contributed by atoms with van der Waals surface area (Å²) < 4.78 is 6.93. The Bertz CT molecular complexity index is 1080. The van der Waals surface area contributed by atoms with Crippen molar-refractivity contribution in [2.45, 2.75) is 6.92 Å². The third kappa shape index (κ3) is 6.77. The molecule has 0 bridgehead atoms. The van der Waals surface area contributed by atoms with Crippen LogP contribution in [0.3, 0.4) is 0 Å². The highest BCUT2D eigenvalue weighted by Gasteiger charge is 2.11. The van der Waals surface area contributed by atoms with Gasteiger partial charge in [0.05, 0.1) is 15.2 Å². The zero-order valence-corrected chi connectivity index (χ0v) is 19.7. The van der Waals surface area contributed by atoms with Crippen LogP contribution in [0.4, 0.5) is 5.69 Å². The number of hydrogen-bond acceptors (Lipinski definition) is 4. The fourth-order valence-electron chi connectivity index (χ4n) is 2.58. The van der Waals surface area contributed by atoms with Crippen molar-refractivity contribution in [3.8, 4) is 5.75 Å². The number of halogens is 2. The quantitative estimate of drug-likeness (QED) is 0.313. The van der Waals surface area contributed by atoms with Crippen LogP contribution in [0.2, 0.25) is 0 Å². The van der Waals surface area contributed by atoms with Crippen LogP contribution in [0.15, 0.2) is 80.8 Å². The first kappa shape index (κ1) is 22.7. The molecular weight excluding hydrogens is 526 g/mol. The van der Waals surface area contributed by atoms with Gasteiger partial charge in [0.1, 0.15) is 5.75 Å². The molecule has 8 heteroatoms. The third-order valence-corrected chi connectivity index (χ3v) is 5.30. The van der Waals surface area contributed by atoms with Gasteiger partial charge in [-0.2, -0.15) is 5.10 Å². The fraction of sp³-hybridized carbons (Fsp3) is 0.0870. The zero-order chi connectivity index (χ0) is 22.2. The molecule has 0 fully saturated rings. The molecule has 0 heterocycles. The van der Waals surface area contributed by atoms with E-state index >= 15 is 0 Å². The minimum Gasteiger partial charge on any atom is -0.481 e. The Morgan fingerprint density at radius 1 is 1.00 bits per heavy atom. The minimum absolute atomic E-state index is 0.147. The average molecular weight is 545 g/mol. The summed E-state index contributed by atoms with van der Waals surface area (Å²) in [7, 11) is 0. The molecule has 0 aliphatic carbocycles. The lowest BCUT2D eigenvalue weighted by Gasteiger charge is -2.11. The average Bonchev–Trinajstić information content (AvgIpc) is 2.74. The molecule has 0 spiro atoms. The van der Waals surface area contributed by atoms with Gasteiger partial charge in [0, 0.05) is 11.3 Å². The molecule has 31 heavy (non-hydrogen) atoms. The maximum absolute atomic E-state index is 12.1. The number of carbonyl (C=O) groups is 2. The summed E-state index contributed by atoms with van der Waals surface area (Å²) >= 11 is 6.89. The van der Waals surface area contributed by atoms with Crippen molar-refractivity contribution in [2.24, 2.45) is 5.10 Å². The summed E-state index contributed by atoms with van der Waals surface area (Å²) in [6.45, 7) is 1.81. The molecule has 3 rings (SSSR count). The van der Waals surface area contributed by atoms with Crippen molar-refractivity contribution in [1.29, 1.82) is 0 Å². The van der Waals surface area contributed by atoms with E-state index in [0.717, 1.165) is 11.1 Å². The Kier molecular flexibility index (Phi) is 7.97. The second-order valence-electron chi connectivity index (χ2n) is 6.58. The first-order chi connectivity index (χ1) is 14.9. The van der Waals surface area contributed by atoms with E-state index in [4.69, 9.17) is 4.74 Å². The zero-order valence-electron chi connectivity index (χ0n) is 16.6. The normalized spacial score (nSPS) is 10.7. The molecule has 0 saturated heterocycles. The monoisotopic (exact) mass is 543 g/mol. The number of para-hydroxylation sites is 1. The lowest BCUT2D eigenvalue weighted by Crippen LogP contribution is -2.20. The predicted octanol–water partition coefficient (Wildman–Crippen LogP) is 5.30. The third-order valence-electron chi connectivity index (χ3n) is 4.12. The Balaban J connectivity index is 1.58. The fourth-order valence-corrected chi connectivity index (χ4v) is 4.03. The van der Waals surface area contributed by atoms with Crippen molar-refractivity contribution < 1.29 is 14.3 Å². The molecule has 0 radical (unpaired) electrons. The van der Waals surface area contributed by atoms with Gasteiger partial charge in [-0.05, 0) is 80.7 Å². The highest BCUT2D eigenvalue weighted by atomic mass is 79.9. The molecule has 0 aromatic heterocycles. The van der Waals surface area contributed by atoms with E-state index in [-0.39, 0.29) is 18.4 Å². The van der Waals surface area contributed by atoms with Crippen molar-refractivity contribution in [3.05, 3.63) is 92.4 Å². The van der Waals surface area contributed by atoms with E-state index in [9.17, 15) is 9.59 Å². The summed E-state index contributed by atoms with van der Waals surface area (Å²) in [5.74, 6) is -0.0720. The van der Waals surface area contributed by atoms with Gasteiger partial charge in [-0.1, -0.05) is 35.9 Å². The number of nitrogens with one attached hydrogen (secondary N) is 2. The standard InChI is InChI=1S/C23H19Br2N3O3/c1-15-7-9-17(10-8-15)23(30)28-26-13-16-11-19(24)22(20(25)12-16)31-14-21(29)27-18-5-3-2-4-6-18/h2-13H,14H2,1H3,(H,27,29)(H,28,30)/b26-13+. The molecule has 0 unspecified atom stereocenters. The van der Waals surface area contributed by atoms with Gasteiger partial charge in [-0.15, -0.1) is 0 Å². The molecule has 0 aliphatic heterocycles. The van der Waals surface area contributed by atoms with Crippen LogP contribution in [-0.2, 0) is 4.79 Å². The van der Waals surface area contributed by atoms with Crippen LogP contribution < -0.4 is 15.5 Å². The number of nitrogens with zero attached hydrogens (tertiary/aromatic N) is 1. The molecule has 0 atom stereocenters. The molecule has 6 nitrogen and oxygen atoms in total. The Morgan fingerprint density at radius 3 is 2.29 bits per heavy atom. The van der Waals surface area contributed by atoms with E-state index < -0.39 is 0 Å². The molecule has 3 aromatic carbocycles. The summed E-state index contributed by atoms with van der Waals surface area (Å²) in [5.41, 5.74) is 5.54. The summed E-state index contributed by atoms with van der Waals surface area (Å²) in [5, 5.41) is 6.76. The number of ether oxygens (including phenoxy) is 1. The molecule has 0 aliphatic rings. The van der Waals surface area contributed by atoms with Gasteiger partial charge < -0.3 is 10.1 Å². The van der Waals surface area contributed by atoms with Gasteiger partial charge >= 0.3 is 0 Å². The van der Waals surface area contributed by atoms with Crippen LogP contribution in [0.25, 0.3) is 0 Å². The Labute approximate surface area is 197 Å². The first-order valence-corrected chi connectivity index (χ1v) is 10.9. The number of aryl methyl sites for hydroxylation is 1. The maximum atomic E-state index is 12.1. The van der Waals surface area contributed by atoms with Crippen LogP contribution in [0.1, 0.15) is 21.5 Å². The van der Waals surface area contributed by atoms with Crippen molar-refractivity contribution in [1.82, 2.24) is 5.43 Å².